The number of methoxy groups -OCH3 is 5. The zero-order chi connectivity index (χ0) is 27.2. The van der Waals surface area contributed by atoms with Gasteiger partial charge in [0.25, 0.3) is 0 Å². The highest BCUT2D eigenvalue weighted by Gasteiger charge is 2.28. The van der Waals surface area contributed by atoms with Gasteiger partial charge in [-0.15, -0.1) is 0 Å². The topological polar surface area (TPSA) is 87.3 Å². The largest absolute Gasteiger partial charge is 0.493 e. The second-order valence-corrected chi connectivity index (χ2v) is 9.05. The van der Waals surface area contributed by atoms with Gasteiger partial charge in [0.1, 0.15) is 0 Å². The number of rotatable bonds is 10. The van der Waals surface area contributed by atoms with E-state index in [2.05, 4.69) is 10.6 Å². The monoisotopic (exact) mass is 520 g/mol. The van der Waals surface area contributed by atoms with E-state index in [1.54, 1.807) is 41.6 Å². The molecular formula is C30H36N2O6. The molecule has 0 heterocycles. The zero-order valence-corrected chi connectivity index (χ0v) is 22.9. The van der Waals surface area contributed by atoms with E-state index < -0.39 is 0 Å². The van der Waals surface area contributed by atoms with E-state index in [9.17, 15) is 4.79 Å². The summed E-state index contributed by atoms with van der Waals surface area (Å²) in [5.41, 5.74) is 5.41. The maximum atomic E-state index is 13.4. The highest BCUT2D eigenvalue weighted by atomic mass is 16.5. The number of benzene rings is 2. The minimum absolute atomic E-state index is 0.00110. The Morgan fingerprint density at radius 3 is 2.21 bits per heavy atom. The van der Waals surface area contributed by atoms with Crippen LogP contribution < -0.4 is 39.7 Å². The second kappa shape index (κ2) is 12.1. The Bertz CT molecular complexity index is 1360. The Kier molecular flexibility index (Phi) is 8.63. The molecule has 202 valence electrons. The molecule has 3 aromatic carbocycles. The molecule has 0 unspecified atom stereocenters. The van der Waals surface area contributed by atoms with Crippen LogP contribution in [0.5, 0.6) is 28.7 Å². The van der Waals surface area contributed by atoms with Gasteiger partial charge in [-0.05, 0) is 78.9 Å². The molecule has 1 aliphatic rings. The number of anilines is 1. The van der Waals surface area contributed by atoms with E-state index >= 15 is 0 Å². The van der Waals surface area contributed by atoms with Gasteiger partial charge in [0, 0.05) is 18.2 Å². The molecule has 0 aromatic heterocycles. The smallest absolute Gasteiger partial charge is 0.203 e. The van der Waals surface area contributed by atoms with E-state index in [4.69, 9.17) is 23.7 Å². The number of hydrogen-bond donors (Lipinski definition) is 2. The number of ether oxygens (including phenoxy) is 5. The van der Waals surface area contributed by atoms with Gasteiger partial charge in [-0.1, -0.05) is 12.1 Å². The molecule has 38 heavy (non-hydrogen) atoms. The van der Waals surface area contributed by atoms with Crippen molar-refractivity contribution in [3.63, 3.8) is 0 Å². The van der Waals surface area contributed by atoms with Gasteiger partial charge in [-0.25, -0.2) is 0 Å². The van der Waals surface area contributed by atoms with Crippen molar-refractivity contribution in [2.24, 2.45) is 0 Å². The summed E-state index contributed by atoms with van der Waals surface area (Å²) in [5, 5.41) is 6.72. The lowest BCUT2D eigenvalue weighted by atomic mass is 9.95. The van der Waals surface area contributed by atoms with Gasteiger partial charge < -0.3 is 34.3 Å². The van der Waals surface area contributed by atoms with Crippen LogP contribution in [0.2, 0.25) is 0 Å². The molecule has 8 heteroatoms. The van der Waals surface area contributed by atoms with E-state index in [0.717, 1.165) is 40.7 Å². The summed E-state index contributed by atoms with van der Waals surface area (Å²) in [6.45, 7) is 0.583. The molecule has 8 nitrogen and oxygen atoms in total. The van der Waals surface area contributed by atoms with E-state index in [-0.39, 0.29) is 11.5 Å². The summed E-state index contributed by atoms with van der Waals surface area (Å²) in [5.74, 6) is 3.12. The number of aryl methyl sites for hydroxylation is 1. The molecule has 0 spiro atoms. The number of fused-ring (bicyclic) bond motifs is 3. The molecule has 3 aromatic rings. The maximum absolute atomic E-state index is 13.4. The molecule has 4 rings (SSSR count). The van der Waals surface area contributed by atoms with Crippen LogP contribution in [0.15, 0.2) is 47.3 Å². The van der Waals surface area contributed by atoms with Crippen molar-refractivity contribution in [1.29, 1.82) is 0 Å². The first-order chi connectivity index (χ1) is 18.5. The van der Waals surface area contributed by atoms with Crippen molar-refractivity contribution in [3.05, 3.63) is 69.4 Å². The lowest BCUT2D eigenvalue weighted by Crippen LogP contribution is -2.18. The van der Waals surface area contributed by atoms with Crippen LogP contribution in [0.25, 0.3) is 11.1 Å². The van der Waals surface area contributed by atoms with Crippen LogP contribution in [0.1, 0.15) is 29.2 Å². The van der Waals surface area contributed by atoms with Crippen LogP contribution in [0.4, 0.5) is 5.69 Å². The summed E-state index contributed by atoms with van der Waals surface area (Å²) in [4.78, 5) is 13.4. The Balaban J connectivity index is 1.73. The van der Waals surface area contributed by atoms with Crippen LogP contribution in [-0.2, 0) is 12.8 Å². The van der Waals surface area contributed by atoms with Crippen LogP contribution in [-0.4, -0.2) is 49.1 Å². The standard InChI is InChI=1S/C30H36N2O6/c1-31-22-10-8-19-16-27(36-4)29(37-5)30(38-6)28(19)20-9-11-23(24(33)17-21(20)22)32-14-13-18-7-12-25(34-2)26(15-18)35-3/h7,9,11-12,15-17,22,31H,8,10,13-14H2,1-6H3,(H,32,33)/t22-/m0/s1. The molecule has 0 fully saturated rings. The molecule has 0 aliphatic heterocycles. The zero-order valence-electron chi connectivity index (χ0n) is 22.9. The fourth-order valence-electron chi connectivity index (χ4n) is 5.14. The maximum Gasteiger partial charge on any atom is 0.203 e. The first kappa shape index (κ1) is 27.1. The second-order valence-electron chi connectivity index (χ2n) is 9.05. The molecule has 0 saturated carbocycles. The Morgan fingerprint density at radius 1 is 0.816 bits per heavy atom. The van der Waals surface area contributed by atoms with Crippen molar-refractivity contribution in [1.82, 2.24) is 5.32 Å². The van der Waals surface area contributed by atoms with Gasteiger partial charge >= 0.3 is 0 Å². The molecular weight excluding hydrogens is 484 g/mol. The highest BCUT2D eigenvalue weighted by Crippen LogP contribution is 2.50. The van der Waals surface area contributed by atoms with Gasteiger partial charge in [-0.2, -0.15) is 0 Å². The van der Waals surface area contributed by atoms with Gasteiger partial charge in [0.2, 0.25) is 11.2 Å². The first-order valence-corrected chi connectivity index (χ1v) is 12.6. The predicted molar refractivity (Wildman–Crippen MR) is 150 cm³/mol. The van der Waals surface area contributed by atoms with Gasteiger partial charge in [0.05, 0.1) is 41.2 Å². The molecule has 1 atom stereocenters. The summed E-state index contributed by atoms with van der Waals surface area (Å²) >= 11 is 0. The summed E-state index contributed by atoms with van der Waals surface area (Å²) in [7, 11) is 10.00. The fraction of sp³-hybridized carbons (Fsp3) is 0.367. The average Bonchev–Trinajstić information content (AvgIpc) is 3.19. The van der Waals surface area contributed by atoms with Crippen LogP contribution in [0, 0.1) is 0 Å². The fourth-order valence-corrected chi connectivity index (χ4v) is 5.14. The molecule has 1 aliphatic carbocycles. The summed E-state index contributed by atoms with van der Waals surface area (Å²) < 4.78 is 27.9. The quantitative estimate of drug-likeness (QED) is 0.401. The van der Waals surface area contributed by atoms with Crippen LogP contribution in [0.3, 0.4) is 0 Å². The number of hydrogen-bond acceptors (Lipinski definition) is 8. The van der Waals surface area contributed by atoms with Crippen molar-refractivity contribution >= 4 is 5.69 Å². The Labute approximate surface area is 223 Å². The molecule has 0 amide bonds. The third-order valence-electron chi connectivity index (χ3n) is 7.06. The van der Waals surface area contributed by atoms with E-state index in [1.165, 1.54) is 0 Å². The molecule has 0 radical (unpaired) electrons. The normalized spacial score (nSPS) is 14.0. The SMILES string of the molecule is CN[C@H]1CCc2cc(OC)c(OC)c(OC)c2-c2ccc(NCCc3ccc(OC)c(OC)c3)c(=O)cc21. The minimum atomic E-state index is -0.0679. The summed E-state index contributed by atoms with van der Waals surface area (Å²) in [6.07, 6.45) is 2.33. The number of nitrogens with one attached hydrogen (secondary N) is 2. The van der Waals surface area contributed by atoms with Crippen LogP contribution >= 0.6 is 0 Å². The van der Waals surface area contributed by atoms with Gasteiger partial charge in [0.15, 0.2) is 23.0 Å². The Hall–Kier alpha value is -3.91. The van der Waals surface area contributed by atoms with Crippen molar-refractivity contribution < 1.29 is 23.7 Å². The molecule has 0 bridgehead atoms. The third-order valence-corrected chi connectivity index (χ3v) is 7.06. The minimum Gasteiger partial charge on any atom is -0.493 e. The molecule has 0 saturated heterocycles. The van der Waals surface area contributed by atoms with Crippen molar-refractivity contribution in [2.45, 2.75) is 25.3 Å². The Morgan fingerprint density at radius 2 is 1.55 bits per heavy atom. The van der Waals surface area contributed by atoms with Gasteiger partial charge in [-0.3, -0.25) is 4.79 Å². The summed E-state index contributed by atoms with van der Waals surface area (Å²) in [6, 6.07) is 13.4. The third kappa shape index (κ3) is 5.22. The van der Waals surface area contributed by atoms with E-state index in [0.29, 0.717) is 47.4 Å². The molecule has 2 N–H and O–H groups in total. The van der Waals surface area contributed by atoms with Crippen molar-refractivity contribution in [3.8, 4) is 39.9 Å². The lowest BCUT2D eigenvalue weighted by molar-refractivity contribution is 0.324. The highest BCUT2D eigenvalue weighted by molar-refractivity contribution is 5.83. The average molecular weight is 521 g/mol. The van der Waals surface area contributed by atoms with Crippen molar-refractivity contribution in [2.75, 3.05) is 54.5 Å². The predicted octanol–water partition coefficient (Wildman–Crippen LogP) is 4.62. The van der Waals surface area contributed by atoms with E-state index in [1.807, 2.05) is 43.4 Å². The lowest BCUT2D eigenvalue weighted by Gasteiger charge is -2.19. The first-order valence-electron chi connectivity index (χ1n) is 12.6.